The van der Waals surface area contributed by atoms with Gasteiger partial charge in [0.25, 0.3) is 0 Å². The molecule has 0 bridgehead atoms. The van der Waals surface area contributed by atoms with Crippen molar-refractivity contribution in [2.24, 2.45) is 5.73 Å². The molecule has 1 aliphatic rings. The molecule has 5 heteroatoms. The molecule has 0 fully saturated rings. The van der Waals surface area contributed by atoms with E-state index < -0.39 is 12.1 Å². The van der Waals surface area contributed by atoms with Crippen LogP contribution in [0.15, 0.2) is 18.2 Å². The van der Waals surface area contributed by atoms with Crippen LogP contribution >= 0.6 is 0 Å². The molecular formula is C17H25N3O2. The molecule has 2 rings (SSSR count). The van der Waals surface area contributed by atoms with Gasteiger partial charge in [0, 0.05) is 12.2 Å². The topological polar surface area (TPSA) is 75.4 Å². The largest absolute Gasteiger partial charge is 0.352 e. The molecule has 0 unspecified atom stereocenters. The minimum atomic E-state index is -0.679. The summed E-state index contributed by atoms with van der Waals surface area (Å²) in [7, 11) is 0. The third-order valence-electron chi connectivity index (χ3n) is 4.06. The van der Waals surface area contributed by atoms with Crippen molar-refractivity contribution in [3.05, 3.63) is 29.3 Å². The molecule has 0 saturated heterocycles. The Balaban J connectivity index is 2.29. The molecule has 22 heavy (non-hydrogen) atoms. The highest BCUT2D eigenvalue weighted by atomic mass is 16.2. The van der Waals surface area contributed by atoms with Gasteiger partial charge in [0.1, 0.15) is 6.04 Å². The second kappa shape index (κ2) is 5.99. The van der Waals surface area contributed by atoms with E-state index in [0.29, 0.717) is 6.54 Å². The van der Waals surface area contributed by atoms with Gasteiger partial charge in [0.05, 0.1) is 0 Å². The van der Waals surface area contributed by atoms with E-state index in [0.717, 1.165) is 18.5 Å². The first kappa shape index (κ1) is 16.3. The number of fused-ring (bicyclic) bond motifs is 1. The van der Waals surface area contributed by atoms with Crippen LogP contribution in [0.25, 0.3) is 0 Å². The standard InChI is InChI=1S/C17H25N3O2/c1-11(19-16(18)22)15(21)20-9-5-6-12-10-13(17(2,3)4)7-8-14(12)20/h7-8,10-11H,5-6,9H2,1-4H3,(H3,18,19,22)/t11-/m1/s1. The summed E-state index contributed by atoms with van der Waals surface area (Å²) in [4.78, 5) is 25.2. The van der Waals surface area contributed by atoms with Crippen LogP contribution in [0, 0.1) is 0 Å². The lowest BCUT2D eigenvalue weighted by Crippen LogP contribution is -2.50. The average Bonchev–Trinajstić information content (AvgIpc) is 2.43. The van der Waals surface area contributed by atoms with Crippen molar-refractivity contribution in [1.82, 2.24) is 5.32 Å². The van der Waals surface area contributed by atoms with Crippen LogP contribution in [0.3, 0.4) is 0 Å². The minimum absolute atomic E-state index is 0.0854. The van der Waals surface area contributed by atoms with Gasteiger partial charge in [-0.3, -0.25) is 4.79 Å². The van der Waals surface area contributed by atoms with Crippen molar-refractivity contribution in [2.75, 3.05) is 11.4 Å². The van der Waals surface area contributed by atoms with E-state index in [9.17, 15) is 9.59 Å². The molecule has 1 heterocycles. The molecule has 1 atom stereocenters. The molecule has 3 N–H and O–H groups in total. The van der Waals surface area contributed by atoms with Crippen molar-refractivity contribution in [1.29, 1.82) is 0 Å². The van der Waals surface area contributed by atoms with E-state index in [4.69, 9.17) is 5.73 Å². The number of aryl methyl sites for hydroxylation is 1. The van der Waals surface area contributed by atoms with Crippen LogP contribution in [0.1, 0.15) is 45.2 Å². The maximum Gasteiger partial charge on any atom is 0.312 e. The van der Waals surface area contributed by atoms with Gasteiger partial charge < -0.3 is 16.0 Å². The predicted octanol–water partition coefficient (Wildman–Crippen LogP) is 2.32. The Hall–Kier alpha value is -2.04. The number of nitrogens with zero attached hydrogens (tertiary/aromatic N) is 1. The molecular weight excluding hydrogens is 278 g/mol. The molecule has 0 aromatic heterocycles. The highest BCUT2D eigenvalue weighted by Crippen LogP contribution is 2.32. The van der Waals surface area contributed by atoms with E-state index >= 15 is 0 Å². The number of nitrogens with one attached hydrogen (secondary N) is 1. The van der Waals surface area contributed by atoms with Crippen LogP contribution in [0.2, 0.25) is 0 Å². The smallest absolute Gasteiger partial charge is 0.312 e. The number of anilines is 1. The minimum Gasteiger partial charge on any atom is -0.352 e. The monoisotopic (exact) mass is 303 g/mol. The van der Waals surface area contributed by atoms with Crippen molar-refractivity contribution < 1.29 is 9.59 Å². The first-order valence-electron chi connectivity index (χ1n) is 7.71. The van der Waals surface area contributed by atoms with Crippen LogP contribution in [0.5, 0.6) is 0 Å². The first-order chi connectivity index (χ1) is 10.2. The molecule has 0 aliphatic carbocycles. The van der Waals surface area contributed by atoms with Gasteiger partial charge >= 0.3 is 6.03 Å². The lowest BCUT2D eigenvalue weighted by atomic mass is 9.84. The Kier molecular flexibility index (Phi) is 4.44. The van der Waals surface area contributed by atoms with Gasteiger partial charge in [-0.05, 0) is 42.4 Å². The maximum absolute atomic E-state index is 12.5. The molecule has 120 valence electrons. The second-order valence-electron chi connectivity index (χ2n) is 6.92. The number of carbonyl (C=O) groups excluding carboxylic acids is 2. The summed E-state index contributed by atoms with van der Waals surface area (Å²) in [5.74, 6) is -0.122. The summed E-state index contributed by atoms with van der Waals surface area (Å²) in [6.45, 7) is 8.87. The zero-order chi connectivity index (χ0) is 16.5. The molecule has 1 aliphatic heterocycles. The molecule has 5 nitrogen and oxygen atoms in total. The third kappa shape index (κ3) is 3.40. The van der Waals surface area contributed by atoms with E-state index in [1.54, 1.807) is 11.8 Å². The number of carbonyl (C=O) groups is 2. The number of amides is 3. The normalized spacial score (nSPS) is 15.9. The van der Waals surface area contributed by atoms with Gasteiger partial charge in [0.2, 0.25) is 5.91 Å². The van der Waals surface area contributed by atoms with E-state index in [2.05, 4.69) is 38.2 Å². The first-order valence-corrected chi connectivity index (χ1v) is 7.71. The van der Waals surface area contributed by atoms with Crippen molar-refractivity contribution >= 4 is 17.6 Å². The van der Waals surface area contributed by atoms with Gasteiger partial charge in [-0.2, -0.15) is 0 Å². The molecule has 0 radical (unpaired) electrons. The number of urea groups is 1. The SMILES string of the molecule is C[C@@H](NC(N)=O)C(=O)N1CCCc2cc(C(C)(C)C)ccc21. The Bertz CT molecular complexity index is 590. The number of primary amides is 1. The third-order valence-corrected chi connectivity index (χ3v) is 4.06. The summed E-state index contributed by atoms with van der Waals surface area (Å²) in [5, 5.41) is 2.45. The highest BCUT2D eigenvalue weighted by molar-refractivity contribution is 5.99. The summed E-state index contributed by atoms with van der Waals surface area (Å²) in [5.41, 5.74) is 8.59. The fourth-order valence-electron chi connectivity index (χ4n) is 2.80. The van der Waals surface area contributed by atoms with E-state index in [1.165, 1.54) is 11.1 Å². The zero-order valence-electron chi connectivity index (χ0n) is 13.8. The zero-order valence-corrected chi connectivity index (χ0v) is 13.8. The molecule has 1 aromatic carbocycles. The number of benzene rings is 1. The van der Waals surface area contributed by atoms with Crippen LogP contribution in [-0.4, -0.2) is 24.5 Å². The van der Waals surface area contributed by atoms with E-state index in [-0.39, 0.29) is 11.3 Å². The lowest BCUT2D eigenvalue weighted by molar-refractivity contribution is -0.120. The number of rotatable bonds is 2. The fraction of sp³-hybridized carbons (Fsp3) is 0.529. The molecule has 1 aromatic rings. The van der Waals surface area contributed by atoms with Gasteiger partial charge in [0.15, 0.2) is 0 Å². The fourth-order valence-corrected chi connectivity index (χ4v) is 2.80. The molecule has 0 spiro atoms. The predicted molar refractivity (Wildman–Crippen MR) is 88.0 cm³/mol. The van der Waals surface area contributed by atoms with Crippen molar-refractivity contribution in [2.45, 2.75) is 52.0 Å². The Labute approximate surface area is 131 Å². The van der Waals surface area contributed by atoms with Crippen LogP contribution in [-0.2, 0) is 16.6 Å². The Morgan fingerprint density at radius 2 is 2.00 bits per heavy atom. The van der Waals surface area contributed by atoms with Gasteiger partial charge in [-0.15, -0.1) is 0 Å². The summed E-state index contributed by atoms with van der Waals surface area (Å²) in [6, 6.07) is 4.99. The molecule has 3 amide bonds. The van der Waals surface area contributed by atoms with Gasteiger partial charge in [-0.25, -0.2) is 4.79 Å². The maximum atomic E-state index is 12.5. The Morgan fingerprint density at radius 1 is 1.32 bits per heavy atom. The average molecular weight is 303 g/mol. The van der Waals surface area contributed by atoms with Crippen LogP contribution < -0.4 is 16.0 Å². The van der Waals surface area contributed by atoms with Crippen molar-refractivity contribution in [3.8, 4) is 0 Å². The lowest BCUT2D eigenvalue weighted by Gasteiger charge is -2.33. The quantitative estimate of drug-likeness (QED) is 0.879. The van der Waals surface area contributed by atoms with Crippen LogP contribution in [0.4, 0.5) is 10.5 Å². The summed E-state index contributed by atoms with van der Waals surface area (Å²) < 4.78 is 0. The number of nitrogens with two attached hydrogens (primary N) is 1. The second-order valence-corrected chi connectivity index (χ2v) is 6.92. The highest BCUT2D eigenvalue weighted by Gasteiger charge is 2.27. The summed E-state index contributed by atoms with van der Waals surface area (Å²) in [6.07, 6.45) is 1.90. The van der Waals surface area contributed by atoms with Gasteiger partial charge in [-0.1, -0.05) is 32.9 Å². The van der Waals surface area contributed by atoms with E-state index in [1.807, 2.05) is 6.07 Å². The van der Waals surface area contributed by atoms with Crippen molar-refractivity contribution in [3.63, 3.8) is 0 Å². The molecule has 0 saturated carbocycles. The summed E-state index contributed by atoms with van der Waals surface area (Å²) >= 11 is 0. The number of hydrogen-bond acceptors (Lipinski definition) is 2. The Morgan fingerprint density at radius 3 is 2.59 bits per heavy atom. The number of hydrogen-bond donors (Lipinski definition) is 2.